The monoisotopic (exact) mass is 592 g/mol. The summed E-state index contributed by atoms with van der Waals surface area (Å²) >= 11 is 0. The van der Waals surface area contributed by atoms with Crippen molar-refractivity contribution in [2.24, 2.45) is 5.92 Å². The zero-order valence-corrected chi connectivity index (χ0v) is 26.3. The van der Waals surface area contributed by atoms with Gasteiger partial charge in [-0.15, -0.1) is 0 Å². The number of pyridine rings is 2. The SMILES string of the molecule is CC(C)COC(=O)Nc1ccnc(N2CCN(C3CCCC3)CC2)c1.Nc1ccnc(N2CCN(C3CCCC3)CC2)c1. The quantitative estimate of drug-likeness (QED) is 0.456. The average Bonchev–Trinajstić information content (AvgIpc) is 3.77. The third-order valence-electron chi connectivity index (χ3n) is 9.27. The van der Waals surface area contributed by atoms with Gasteiger partial charge in [0, 0.05) is 100 Å². The molecule has 2 aliphatic heterocycles. The first-order chi connectivity index (χ1) is 20.9. The zero-order valence-electron chi connectivity index (χ0n) is 26.3. The van der Waals surface area contributed by atoms with Crippen LogP contribution < -0.4 is 20.9 Å². The van der Waals surface area contributed by atoms with Crippen LogP contribution >= 0.6 is 0 Å². The maximum Gasteiger partial charge on any atom is 0.411 e. The fourth-order valence-corrected chi connectivity index (χ4v) is 6.84. The molecule has 2 saturated heterocycles. The van der Waals surface area contributed by atoms with Crippen LogP contribution in [0.5, 0.6) is 0 Å². The van der Waals surface area contributed by atoms with Gasteiger partial charge in [0.05, 0.1) is 6.61 Å². The van der Waals surface area contributed by atoms with Gasteiger partial charge < -0.3 is 20.3 Å². The third kappa shape index (κ3) is 9.19. The second-order valence-electron chi connectivity index (χ2n) is 12.9. The molecule has 0 unspecified atom stereocenters. The zero-order chi connectivity index (χ0) is 30.0. The van der Waals surface area contributed by atoms with Crippen LogP contribution in [0.2, 0.25) is 0 Å². The number of rotatable bonds is 7. The number of hydrogen-bond donors (Lipinski definition) is 2. The van der Waals surface area contributed by atoms with E-state index in [1.807, 2.05) is 32.0 Å². The van der Waals surface area contributed by atoms with E-state index in [2.05, 4.69) is 34.9 Å². The minimum Gasteiger partial charge on any atom is -0.449 e. The molecule has 0 atom stereocenters. The molecular formula is C33H52N8O2. The van der Waals surface area contributed by atoms with Crippen molar-refractivity contribution in [3.05, 3.63) is 36.7 Å². The van der Waals surface area contributed by atoms with E-state index in [0.717, 1.165) is 74.4 Å². The van der Waals surface area contributed by atoms with Gasteiger partial charge in [0.25, 0.3) is 0 Å². The van der Waals surface area contributed by atoms with Crippen molar-refractivity contribution >= 4 is 29.1 Å². The molecule has 4 heterocycles. The summed E-state index contributed by atoms with van der Waals surface area (Å²) in [5.41, 5.74) is 7.35. The summed E-state index contributed by atoms with van der Waals surface area (Å²) in [7, 11) is 0. The summed E-state index contributed by atoms with van der Waals surface area (Å²) in [5, 5.41) is 2.79. The lowest BCUT2D eigenvalue weighted by molar-refractivity contribution is 0.147. The summed E-state index contributed by atoms with van der Waals surface area (Å²) in [4.78, 5) is 30.7. The molecule has 236 valence electrons. The van der Waals surface area contributed by atoms with E-state index >= 15 is 0 Å². The molecule has 0 aromatic carbocycles. The second-order valence-corrected chi connectivity index (χ2v) is 12.9. The largest absolute Gasteiger partial charge is 0.449 e. The molecule has 0 spiro atoms. The number of amides is 1. The summed E-state index contributed by atoms with van der Waals surface area (Å²) in [6, 6.07) is 9.19. The van der Waals surface area contributed by atoms with E-state index in [1.165, 1.54) is 64.5 Å². The predicted octanol–water partition coefficient (Wildman–Crippen LogP) is 5.08. The van der Waals surface area contributed by atoms with Crippen molar-refractivity contribution in [2.45, 2.75) is 77.3 Å². The molecule has 6 rings (SSSR count). The molecule has 1 amide bonds. The highest BCUT2D eigenvalue weighted by Crippen LogP contribution is 2.27. The number of nitrogen functional groups attached to an aromatic ring is 1. The topological polar surface area (TPSA) is 103 Å². The number of nitrogens with one attached hydrogen (secondary N) is 1. The van der Waals surface area contributed by atoms with Gasteiger partial charge >= 0.3 is 6.09 Å². The lowest BCUT2D eigenvalue weighted by Crippen LogP contribution is -2.50. The molecule has 0 radical (unpaired) electrons. The number of nitrogens with two attached hydrogens (primary N) is 1. The third-order valence-corrected chi connectivity index (χ3v) is 9.27. The van der Waals surface area contributed by atoms with E-state index in [9.17, 15) is 4.79 Å². The first kappa shape index (κ1) is 31.3. The number of nitrogens with zero attached hydrogens (tertiary/aromatic N) is 6. The van der Waals surface area contributed by atoms with Crippen LogP contribution in [-0.2, 0) is 4.74 Å². The van der Waals surface area contributed by atoms with Gasteiger partial charge in [0.1, 0.15) is 11.6 Å². The van der Waals surface area contributed by atoms with Gasteiger partial charge in [-0.2, -0.15) is 0 Å². The molecule has 4 fully saturated rings. The minimum atomic E-state index is -0.406. The molecule has 43 heavy (non-hydrogen) atoms. The number of carbonyl (C=O) groups excluding carboxylic acids is 1. The molecule has 2 aliphatic carbocycles. The van der Waals surface area contributed by atoms with Crippen LogP contribution in [0.4, 0.5) is 27.8 Å². The van der Waals surface area contributed by atoms with E-state index in [1.54, 1.807) is 18.5 Å². The van der Waals surface area contributed by atoms with Crippen LogP contribution in [-0.4, -0.2) is 96.9 Å². The molecule has 0 bridgehead atoms. The Hall–Kier alpha value is -3.11. The Morgan fingerprint density at radius 1 is 0.814 bits per heavy atom. The van der Waals surface area contributed by atoms with E-state index in [4.69, 9.17) is 10.5 Å². The Morgan fingerprint density at radius 3 is 1.79 bits per heavy atom. The molecule has 2 aromatic rings. The predicted molar refractivity (Wildman–Crippen MR) is 175 cm³/mol. The number of ether oxygens (including phenoxy) is 1. The lowest BCUT2D eigenvalue weighted by atomic mass is 10.2. The normalized spacial score (nSPS) is 20.7. The molecular weight excluding hydrogens is 540 g/mol. The highest BCUT2D eigenvalue weighted by Gasteiger charge is 2.27. The van der Waals surface area contributed by atoms with Crippen LogP contribution in [0, 0.1) is 5.92 Å². The molecule has 2 saturated carbocycles. The van der Waals surface area contributed by atoms with E-state index in [-0.39, 0.29) is 0 Å². The fourth-order valence-electron chi connectivity index (χ4n) is 6.84. The highest BCUT2D eigenvalue weighted by molar-refractivity contribution is 5.85. The van der Waals surface area contributed by atoms with Crippen LogP contribution in [0.25, 0.3) is 0 Å². The Morgan fingerprint density at radius 2 is 1.30 bits per heavy atom. The fraction of sp³-hybridized carbons (Fsp3) is 0.667. The van der Waals surface area contributed by atoms with Crippen molar-refractivity contribution < 1.29 is 9.53 Å². The summed E-state index contributed by atoms with van der Waals surface area (Å²) in [5.74, 6) is 2.28. The van der Waals surface area contributed by atoms with E-state index in [0.29, 0.717) is 12.5 Å². The molecule has 3 N–H and O–H groups in total. The van der Waals surface area contributed by atoms with Gasteiger partial charge in [0.15, 0.2) is 0 Å². The van der Waals surface area contributed by atoms with Crippen LogP contribution in [0.3, 0.4) is 0 Å². The van der Waals surface area contributed by atoms with Gasteiger partial charge in [-0.3, -0.25) is 15.1 Å². The standard InChI is InChI=1S/C19H30N4O2.C14H22N4/c1-15(2)14-25-19(24)21-16-7-8-20-18(13-16)23-11-9-22(10-12-23)17-5-3-4-6-17;15-12-5-6-16-14(11-12)18-9-7-17(8-10-18)13-3-1-2-4-13/h7-8,13,15,17H,3-6,9-12,14H2,1-2H3,(H,20,21,24);5-6,11,13H,1-4,7-10H2,(H2,15,16). The van der Waals surface area contributed by atoms with Gasteiger partial charge in [0.2, 0.25) is 0 Å². The summed E-state index contributed by atoms with van der Waals surface area (Å²) in [6.07, 6.45) is 14.3. The maximum absolute atomic E-state index is 11.8. The van der Waals surface area contributed by atoms with Crippen molar-refractivity contribution in [1.29, 1.82) is 0 Å². The summed E-state index contributed by atoms with van der Waals surface area (Å²) < 4.78 is 5.17. The first-order valence-electron chi connectivity index (χ1n) is 16.5. The number of hydrogen-bond acceptors (Lipinski definition) is 9. The Kier molecular flexibility index (Phi) is 11.3. The molecule has 10 heteroatoms. The number of aromatic nitrogens is 2. The van der Waals surface area contributed by atoms with Gasteiger partial charge in [-0.25, -0.2) is 14.8 Å². The van der Waals surface area contributed by atoms with Gasteiger partial charge in [-0.05, 0) is 43.7 Å². The first-order valence-corrected chi connectivity index (χ1v) is 16.5. The van der Waals surface area contributed by atoms with Crippen LogP contribution in [0.15, 0.2) is 36.7 Å². The second kappa shape index (κ2) is 15.6. The smallest absolute Gasteiger partial charge is 0.411 e. The Labute approximate surface area is 258 Å². The van der Waals surface area contributed by atoms with Crippen molar-refractivity contribution in [3.63, 3.8) is 0 Å². The maximum atomic E-state index is 11.8. The van der Waals surface area contributed by atoms with E-state index < -0.39 is 6.09 Å². The van der Waals surface area contributed by atoms with Crippen molar-refractivity contribution in [3.8, 4) is 0 Å². The van der Waals surface area contributed by atoms with Gasteiger partial charge in [-0.1, -0.05) is 39.5 Å². The van der Waals surface area contributed by atoms with Crippen molar-refractivity contribution in [2.75, 3.05) is 79.8 Å². The number of anilines is 4. The van der Waals surface area contributed by atoms with Crippen LogP contribution in [0.1, 0.15) is 65.2 Å². The molecule has 10 nitrogen and oxygen atoms in total. The van der Waals surface area contributed by atoms with Crippen molar-refractivity contribution in [1.82, 2.24) is 19.8 Å². The average molecular weight is 593 g/mol. The minimum absolute atomic E-state index is 0.329. The Balaban J connectivity index is 0.000000180. The number of piperazine rings is 2. The number of carbonyl (C=O) groups is 1. The highest BCUT2D eigenvalue weighted by atomic mass is 16.5. The summed E-state index contributed by atoms with van der Waals surface area (Å²) in [6.45, 7) is 13.1. The Bertz CT molecular complexity index is 1140. The molecule has 4 aliphatic rings. The lowest BCUT2D eigenvalue weighted by Gasteiger charge is -2.38. The molecule has 2 aromatic heterocycles.